The number of carbonyl (C=O) groups is 2. The minimum Gasteiger partial charge on any atom is -0.355 e. The van der Waals surface area contributed by atoms with Gasteiger partial charge in [0, 0.05) is 24.7 Å². The number of carbonyl (C=O) groups excluding carboxylic acids is 2. The topological polar surface area (TPSA) is 75.4 Å². The molecule has 1 aliphatic heterocycles. The number of piperazine rings is 1. The highest BCUT2D eigenvalue weighted by Gasteiger charge is 2.40. The second kappa shape index (κ2) is 8.16. The summed E-state index contributed by atoms with van der Waals surface area (Å²) in [5.41, 5.74) is 0.0204. The maximum absolute atomic E-state index is 14.1. The van der Waals surface area contributed by atoms with Crippen LogP contribution in [0.3, 0.4) is 0 Å². The molecule has 0 radical (unpaired) electrons. The molecule has 0 bridgehead atoms. The van der Waals surface area contributed by atoms with Crippen LogP contribution in [-0.4, -0.2) is 40.5 Å². The number of nitrogens with zero attached hydrogens (tertiary/aromatic N) is 2. The third-order valence-electron chi connectivity index (χ3n) is 5.64. The Bertz CT molecular complexity index is 955. The minimum atomic E-state index is -0.801. The molecule has 1 N–H and O–H groups in total. The van der Waals surface area contributed by atoms with E-state index in [-0.39, 0.29) is 34.9 Å². The predicted octanol–water partition coefficient (Wildman–Crippen LogP) is 3.78. The van der Waals surface area contributed by atoms with Gasteiger partial charge in [-0.15, -0.1) is 0 Å². The minimum absolute atomic E-state index is 0.00218. The summed E-state index contributed by atoms with van der Waals surface area (Å²) < 4.78 is 32.4. The zero-order valence-corrected chi connectivity index (χ0v) is 17.0. The lowest BCUT2D eigenvalue weighted by Crippen LogP contribution is -2.62. The summed E-state index contributed by atoms with van der Waals surface area (Å²) in [6.07, 6.45) is 3.71. The molecule has 2 atom stereocenters. The number of hydrogen-bond acceptors (Lipinski definition) is 4. The Balaban J connectivity index is 1.58. The third-order valence-corrected chi connectivity index (χ3v) is 5.64. The zero-order chi connectivity index (χ0) is 21.4. The van der Waals surface area contributed by atoms with E-state index < -0.39 is 23.6 Å². The number of nitrogens with one attached hydrogen (secondary N) is 1. The van der Waals surface area contributed by atoms with Crippen molar-refractivity contribution in [1.82, 2.24) is 15.4 Å². The van der Waals surface area contributed by atoms with E-state index in [1.165, 1.54) is 12.1 Å². The van der Waals surface area contributed by atoms with Crippen LogP contribution in [0.2, 0.25) is 0 Å². The van der Waals surface area contributed by atoms with Gasteiger partial charge < -0.3 is 14.7 Å². The molecule has 2 fully saturated rings. The summed E-state index contributed by atoms with van der Waals surface area (Å²) >= 11 is 0. The van der Waals surface area contributed by atoms with Crippen molar-refractivity contribution in [3.8, 4) is 11.3 Å². The van der Waals surface area contributed by atoms with E-state index in [1.807, 2.05) is 13.8 Å². The molecule has 2 amide bonds. The molecule has 4 rings (SSSR count). The first-order chi connectivity index (χ1) is 14.3. The first-order valence-electron chi connectivity index (χ1n) is 10.3. The van der Waals surface area contributed by atoms with Crippen molar-refractivity contribution >= 4 is 11.8 Å². The van der Waals surface area contributed by atoms with Gasteiger partial charge in [-0.25, -0.2) is 8.78 Å². The van der Waals surface area contributed by atoms with Crippen molar-refractivity contribution < 1.29 is 22.9 Å². The highest BCUT2D eigenvalue weighted by molar-refractivity contribution is 5.97. The lowest BCUT2D eigenvalue weighted by Gasteiger charge is -2.40. The van der Waals surface area contributed by atoms with Gasteiger partial charge in [-0.05, 0) is 36.8 Å². The summed E-state index contributed by atoms with van der Waals surface area (Å²) in [6, 6.07) is 3.76. The molecule has 1 saturated carbocycles. The van der Waals surface area contributed by atoms with Gasteiger partial charge in [0.2, 0.25) is 5.91 Å². The molecule has 1 aromatic carbocycles. The summed E-state index contributed by atoms with van der Waals surface area (Å²) in [5.74, 6) is -1.22. The van der Waals surface area contributed by atoms with Crippen LogP contribution < -0.4 is 5.32 Å². The number of halogens is 2. The molecular formula is C22H25F2N3O3. The fourth-order valence-corrected chi connectivity index (χ4v) is 3.98. The Morgan fingerprint density at radius 2 is 2.07 bits per heavy atom. The lowest BCUT2D eigenvalue weighted by atomic mass is 9.96. The molecule has 1 saturated heterocycles. The van der Waals surface area contributed by atoms with Crippen molar-refractivity contribution in [3.05, 3.63) is 41.6 Å². The number of amides is 2. The van der Waals surface area contributed by atoms with Crippen LogP contribution in [0.15, 0.2) is 28.8 Å². The van der Waals surface area contributed by atoms with Crippen LogP contribution in [0.1, 0.15) is 50.0 Å². The maximum Gasteiger partial charge on any atom is 0.276 e. The average Bonchev–Trinajstić information content (AvgIpc) is 3.35. The molecule has 2 unspecified atom stereocenters. The first kappa shape index (κ1) is 20.5. The quantitative estimate of drug-likeness (QED) is 0.776. The molecule has 0 spiro atoms. The van der Waals surface area contributed by atoms with Gasteiger partial charge in [-0.3, -0.25) is 9.59 Å². The monoisotopic (exact) mass is 417 g/mol. The molecular weight excluding hydrogens is 392 g/mol. The van der Waals surface area contributed by atoms with Crippen molar-refractivity contribution in [2.75, 3.05) is 6.54 Å². The van der Waals surface area contributed by atoms with Gasteiger partial charge >= 0.3 is 0 Å². The van der Waals surface area contributed by atoms with Crippen LogP contribution in [0.4, 0.5) is 8.78 Å². The van der Waals surface area contributed by atoms with Crippen molar-refractivity contribution in [3.63, 3.8) is 0 Å². The highest BCUT2D eigenvalue weighted by Crippen LogP contribution is 2.35. The zero-order valence-electron chi connectivity index (χ0n) is 17.0. The lowest BCUT2D eigenvalue weighted by molar-refractivity contribution is -0.130. The maximum atomic E-state index is 14.1. The number of aromatic nitrogens is 1. The van der Waals surface area contributed by atoms with E-state index in [0.29, 0.717) is 18.9 Å². The molecule has 2 aliphatic rings. The summed E-state index contributed by atoms with van der Waals surface area (Å²) in [6.45, 7) is 4.40. The van der Waals surface area contributed by atoms with E-state index in [4.69, 9.17) is 4.52 Å². The molecule has 1 aliphatic carbocycles. The number of rotatable bonds is 6. The van der Waals surface area contributed by atoms with Gasteiger partial charge in [0.05, 0.1) is 5.56 Å². The second-order valence-corrected chi connectivity index (χ2v) is 8.69. The van der Waals surface area contributed by atoms with Crippen molar-refractivity contribution in [2.45, 2.75) is 51.6 Å². The molecule has 2 heterocycles. The van der Waals surface area contributed by atoms with E-state index in [2.05, 4.69) is 10.5 Å². The van der Waals surface area contributed by atoms with Crippen LogP contribution in [0, 0.1) is 23.5 Å². The Morgan fingerprint density at radius 3 is 2.73 bits per heavy atom. The SMILES string of the molecule is CC(C)CC1C(=O)NC(CC2CC2)CN1C(=O)c1cc(-c2ccc(F)cc2F)on1. The summed E-state index contributed by atoms with van der Waals surface area (Å²) in [5, 5.41) is 6.87. The number of benzene rings is 1. The van der Waals surface area contributed by atoms with Gasteiger partial charge in [0.1, 0.15) is 17.7 Å². The van der Waals surface area contributed by atoms with Crippen molar-refractivity contribution in [2.24, 2.45) is 11.8 Å². The third kappa shape index (κ3) is 4.37. The number of hydrogen-bond donors (Lipinski definition) is 1. The predicted molar refractivity (Wildman–Crippen MR) is 105 cm³/mol. The van der Waals surface area contributed by atoms with Crippen LogP contribution in [-0.2, 0) is 4.79 Å². The molecule has 8 heteroatoms. The summed E-state index contributed by atoms with van der Waals surface area (Å²) in [7, 11) is 0. The highest BCUT2D eigenvalue weighted by atomic mass is 19.1. The van der Waals surface area contributed by atoms with E-state index in [1.54, 1.807) is 4.90 Å². The Kier molecular flexibility index (Phi) is 5.58. The molecule has 2 aromatic rings. The standard InChI is InChI=1S/C22H25F2N3O3/c1-12(2)7-19-21(28)25-15(8-13-3-4-13)11-27(19)22(29)18-10-20(30-26-18)16-6-5-14(23)9-17(16)24/h5-6,9-10,12-13,15,19H,3-4,7-8,11H2,1-2H3,(H,25,28). The van der Waals surface area contributed by atoms with Crippen LogP contribution >= 0.6 is 0 Å². The Morgan fingerprint density at radius 1 is 1.30 bits per heavy atom. The van der Waals surface area contributed by atoms with Crippen molar-refractivity contribution in [1.29, 1.82) is 0 Å². The van der Waals surface area contributed by atoms with E-state index in [0.717, 1.165) is 31.4 Å². The van der Waals surface area contributed by atoms with Gasteiger partial charge in [-0.1, -0.05) is 31.8 Å². The van der Waals surface area contributed by atoms with Crippen LogP contribution in [0.25, 0.3) is 11.3 Å². The fraction of sp³-hybridized carbons (Fsp3) is 0.500. The fourth-order valence-electron chi connectivity index (χ4n) is 3.98. The molecule has 1 aromatic heterocycles. The van der Waals surface area contributed by atoms with Gasteiger partial charge in [0.25, 0.3) is 5.91 Å². The Hall–Kier alpha value is -2.77. The van der Waals surface area contributed by atoms with Gasteiger partial charge in [0.15, 0.2) is 11.5 Å². The Labute approximate surface area is 173 Å². The normalized spacial score (nSPS) is 21.8. The summed E-state index contributed by atoms with van der Waals surface area (Å²) in [4.78, 5) is 27.6. The molecule has 30 heavy (non-hydrogen) atoms. The van der Waals surface area contributed by atoms with Gasteiger partial charge in [-0.2, -0.15) is 0 Å². The first-order valence-corrected chi connectivity index (χ1v) is 10.3. The van der Waals surface area contributed by atoms with E-state index in [9.17, 15) is 18.4 Å². The largest absolute Gasteiger partial charge is 0.355 e. The van der Waals surface area contributed by atoms with E-state index >= 15 is 0 Å². The second-order valence-electron chi connectivity index (χ2n) is 8.69. The molecule has 6 nitrogen and oxygen atoms in total. The average molecular weight is 417 g/mol. The smallest absolute Gasteiger partial charge is 0.276 e. The molecule has 160 valence electrons. The van der Waals surface area contributed by atoms with Crippen LogP contribution in [0.5, 0.6) is 0 Å².